The smallest absolute Gasteiger partial charge is 0.214 e. The number of allylic oxidation sites excluding steroid dienone is 1. The topological polar surface area (TPSA) is 66.5 Å². The molecule has 1 fully saturated rings. The molecular formula is C24H32N2O3S. The lowest BCUT2D eigenvalue weighted by molar-refractivity contribution is 0.104. The van der Waals surface area contributed by atoms with Crippen LogP contribution in [0, 0.1) is 0 Å². The van der Waals surface area contributed by atoms with Crippen molar-refractivity contribution in [2.45, 2.75) is 26.2 Å². The van der Waals surface area contributed by atoms with Crippen LogP contribution in [0.5, 0.6) is 0 Å². The fraction of sp³-hybridized carbons (Fsp3) is 0.375. The van der Waals surface area contributed by atoms with Crippen LogP contribution in [0.3, 0.4) is 0 Å². The van der Waals surface area contributed by atoms with E-state index in [1.54, 1.807) is 10.4 Å². The standard InChI is InChI=1S/C15H12O.C9H20N2O2S/c16-15(14-9-5-2-6-10-14)12-11-13-7-3-1-4-8-13;1-2-3-4-9-14(12,13)11-7-5-10-6-8-11/h1-12H;10H,2-9H2,1H3. The second-order valence-electron chi connectivity index (χ2n) is 7.15. The van der Waals surface area contributed by atoms with E-state index in [9.17, 15) is 13.2 Å². The third-order valence-electron chi connectivity index (χ3n) is 4.76. The summed E-state index contributed by atoms with van der Waals surface area (Å²) in [4.78, 5) is 11.7. The van der Waals surface area contributed by atoms with Crippen molar-refractivity contribution in [3.8, 4) is 0 Å². The van der Waals surface area contributed by atoms with Crippen molar-refractivity contribution in [3.05, 3.63) is 77.9 Å². The molecule has 3 rings (SSSR count). The predicted molar refractivity (Wildman–Crippen MR) is 124 cm³/mol. The van der Waals surface area contributed by atoms with Gasteiger partial charge in [-0.2, -0.15) is 4.31 Å². The lowest BCUT2D eigenvalue weighted by Crippen LogP contribution is -2.47. The van der Waals surface area contributed by atoms with Crippen LogP contribution >= 0.6 is 0 Å². The van der Waals surface area contributed by atoms with Crippen LogP contribution in [0.1, 0.15) is 42.1 Å². The Balaban J connectivity index is 0.000000216. The van der Waals surface area contributed by atoms with E-state index < -0.39 is 10.0 Å². The number of carbonyl (C=O) groups excluding carboxylic acids is 1. The molecule has 0 aliphatic carbocycles. The Morgan fingerprint density at radius 2 is 1.57 bits per heavy atom. The molecule has 0 amide bonds. The summed E-state index contributed by atoms with van der Waals surface area (Å²) in [6.45, 7) is 4.92. The van der Waals surface area contributed by atoms with Gasteiger partial charge in [-0.3, -0.25) is 4.79 Å². The third-order valence-corrected chi connectivity index (χ3v) is 6.72. The molecule has 1 heterocycles. The number of hydrogen-bond acceptors (Lipinski definition) is 4. The summed E-state index contributed by atoms with van der Waals surface area (Å²) in [5.74, 6) is 0.352. The van der Waals surface area contributed by atoms with E-state index in [2.05, 4.69) is 12.2 Å². The first-order chi connectivity index (χ1) is 14.5. The van der Waals surface area contributed by atoms with Gasteiger partial charge in [0, 0.05) is 31.7 Å². The minimum atomic E-state index is -2.96. The molecule has 6 heteroatoms. The van der Waals surface area contributed by atoms with Crippen molar-refractivity contribution in [3.63, 3.8) is 0 Å². The Labute approximate surface area is 180 Å². The minimum absolute atomic E-state index is 0.0319. The fourth-order valence-corrected chi connectivity index (χ4v) is 4.59. The summed E-state index contributed by atoms with van der Waals surface area (Å²) >= 11 is 0. The molecule has 1 saturated heterocycles. The lowest BCUT2D eigenvalue weighted by atomic mass is 10.1. The van der Waals surface area contributed by atoms with E-state index in [1.165, 1.54) is 0 Å². The number of hydrogen-bond donors (Lipinski definition) is 1. The largest absolute Gasteiger partial charge is 0.314 e. The Kier molecular flexibility index (Phi) is 10.5. The van der Waals surface area contributed by atoms with Crippen LogP contribution in [0.25, 0.3) is 6.08 Å². The van der Waals surface area contributed by atoms with Gasteiger partial charge in [-0.1, -0.05) is 86.5 Å². The molecule has 0 unspecified atom stereocenters. The van der Waals surface area contributed by atoms with Crippen LogP contribution in [-0.4, -0.2) is 50.4 Å². The number of nitrogens with zero attached hydrogens (tertiary/aromatic N) is 1. The number of rotatable bonds is 8. The van der Waals surface area contributed by atoms with Gasteiger partial charge in [0.2, 0.25) is 10.0 Å². The summed E-state index contributed by atoms with van der Waals surface area (Å²) < 4.78 is 25.1. The summed E-state index contributed by atoms with van der Waals surface area (Å²) in [7, 11) is -2.96. The zero-order valence-electron chi connectivity index (χ0n) is 17.7. The first-order valence-corrected chi connectivity index (χ1v) is 12.1. The van der Waals surface area contributed by atoms with Crippen LogP contribution in [0.2, 0.25) is 0 Å². The Morgan fingerprint density at radius 1 is 0.967 bits per heavy atom. The summed E-state index contributed by atoms with van der Waals surface area (Å²) in [5, 5.41) is 3.15. The number of sulfonamides is 1. The number of benzene rings is 2. The Bertz CT molecular complexity index is 875. The highest BCUT2D eigenvalue weighted by Crippen LogP contribution is 2.07. The first kappa shape index (κ1) is 24.0. The minimum Gasteiger partial charge on any atom is -0.314 e. The molecule has 162 valence electrons. The Morgan fingerprint density at radius 3 is 2.17 bits per heavy atom. The number of carbonyl (C=O) groups is 1. The molecule has 0 aromatic heterocycles. The third kappa shape index (κ3) is 8.61. The normalized spacial score (nSPS) is 14.8. The van der Waals surface area contributed by atoms with E-state index in [0.717, 1.165) is 43.5 Å². The molecule has 5 nitrogen and oxygen atoms in total. The second kappa shape index (κ2) is 13.1. The average Bonchev–Trinajstić information content (AvgIpc) is 2.80. The van der Waals surface area contributed by atoms with Gasteiger partial charge in [0.25, 0.3) is 0 Å². The monoisotopic (exact) mass is 428 g/mol. The maximum absolute atomic E-state index is 11.8. The average molecular weight is 429 g/mol. The zero-order chi connectivity index (χ0) is 21.7. The molecule has 1 aliphatic rings. The summed E-state index contributed by atoms with van der Waals surface area (Å²) in [6, 6.07) is 19.1. The van der Waals surface area contributed by atoms with E-state index in [1.807, 2.05) is 66.7 Å². The van der Waals surface area contributed by atoms with E-state index >= 15 is 0 Å². The molecular weight excluding hydrogens is 396 g/mol. The van der Waals surface area contributed by atoms with Crippen molar-refractivity contribution in [2.24, 2.45) is 0 Å². The van der Waals surface area contributed by atoms with Crippen molar-refractivity contribution in [1.29, 1.82) is 0 Å². The van der Waals surface area contributed by atoms with E-state index in [0.29, 0.717) is 18.8 Å². The predicted octanol–water partition coefficient (Wildman–Crippen LogP) is 3.99. The lowest BCUT2D eigenvalue weighted by Gasteiger charge is -2.26. The number of nitrogens with one attached hydrogen (secondary N) is 1. The van der Waals surface area contributed by atoms with Crippen molar-refractivity contribution < 1.29 is 13.2 Å². The molecule has 0 bridgehead atoms. The molecule has 1 N–H and O–H groups in total. The van der Waals surface area contributed by atoms with Crippen molar-refractivity contribution >= 4 is 21.9 Å². The number of unbranched alkanes of at least 4 members (excludes halogenated alkanes) is 2. The molecule has 1 aliphatic heterocycles. The SMILES string of the molecule is CCCCCS(=O)(=O)N1CCNCC1.O=C(C=Cc1ccccc1)c1ccccc1. The van der Waals surface area contributed by atoms with Crippen LogP contribution in [-0.2, 0) is 10.0 Å². The van der Waals surface area contributed by atoms with Gasteiger partial charge >= 0.3 is 0 Å². The van der Waals surface area contributed by atoms with Crippen molar-refractivity contribution in [2.75, 3.05) is 31.9 Å². The van der Waals surface area contributed by atoms with Gasteiger partial charge in [0.15, 0.2) is 5.78 Å². The molecule has 2 aromatic carbocycles. The molecule has 0 spiro atoms. The van der Waals surface area contributed by atoms with Crippen molar-refractivity contribution in [1.82, 2.24) is 9.62 Å². The number of ketones is 1. The quantitative estimate of drug-likeness (QED) is 0.392. The summed E-state index contributed by atoms with van der Waals surface area (Å²) in [6.07, 6.45) is 6.30. The van der Waals surface area contributed by atoms with Gasteiger partial charge in [-0.05, 0) is 18.1 Å². The maximum Gasteiger partial charge on any atom is 0.214 e. The van der Waals surface area contributed by atoms with Crippen LogP contribution in [0.15, 0.2) is 66.7 Å². The van der Waals surface area contributed by atoms with Crippen LogP contribution < -0.4 is 5.32 Å². The van der Waals surface area contributed by atoms with Gasteiger partial charge in [0.1, 0.15) is 0 Å². The molecule has 0 saturated carbocycles. The Hall–Kier alpha value is -2.28. The summed E-state index contributed by atoms with van der Waals surface area (Å²) in [5.41, 5.74) is 1.75. The molecule has 0 radical (unpaired) electrons. The molecule has 2 aromatic rings. The molecule has 30 heavy (non-hydrogen) atoms. The highest BCUT2D eigenvalue weighted by Gasteiger charge is 2.22. The molecule has 0 atom stereocenters. The zero-order valence-corrected chi connectivity index (χ0v) is 18.5. The van der Waals surface area contributed by atoms with E-state index in [4.69, 9.17) is 0 Å². The van der Waals surface area contributed by atoms with E-state index in [-0.39, 0.29) is 5.78 Å². The fourth-order valence-electron chi connectivity index (χ4n) is 3.02. The van der Waals surface area contributed by atoms with Gasteiger partial charge in [0.05, 0.1) is 5.75 Å². The van der Waals surface area contributed by atoms with Crippen LogP contribution in [0.4, 0.5) is 0 Å². The number of piperazine rings is 1. The second-order valence-corrected chi connectivity index (χ2v) is 9.23. The highest BCUT2D eigenvalue weighted by atomic mass is 32.2. The first-order valence-electron chi connectivity index (χ1n) is 10.5. The van der Waals surface area contributed by atoms with Gasteiger partial charge < -0.3 is 5.32 Å². The van der Waals surface area contributed by atoms with Gasteiger partial charge in [-0.25, -0.2) is 8.42 Å². The maximum atomic E-state index is 11.8. The van der Waals surface area contributed by atoms with Gasteiger partial charge in [-0.15, -0.1) is 0 Å². The highest BCUT2D eigenvalue weighted by molar-refractivity contribution is 7.89.